The van der Waals surface area contributed by atoms with Crippen LogP contribution in [0.3, 0.4) is 0 Å². The molecule has 0 aliphatic heterocycles. The van der Waals surface area contributed by atoms with E-state index >= 15 is 0 Å². The summed E-state index contributed by atoms with van der Waals surface area (Å²) in [6.07, 6.45) is 0. The first-order chi connectivity index (χ1) is 10.2. The van der Waals surface area contributed by atoms with E-state index in [0.29, 0.717) is 23.6 Å². The largest absolute Gasteiger partial charge is 0.493 e. The monoisotopic (exact) mass is 285 g/mol. The lowest BCUT2D eigenvalue weighted by molar-refractivity contribution is 0.354. The Morgan fingerprint density at radius 2 is 1.81 bits per heavy atom. The van der Waals surface area contributed by atoms with Gasteiger partial charge in [-0.15, -0.1) is 0 Å². The Morgan fingerprint density at radius 1 is 1.05 bits per heavy atom. The van der Waals surface area contributed by atoms with Crippen LogP contribution in [0, 0.1) is 0 Å². The highest BCUT2D eigenvalue weighted by Crippen LogP contribution is 2.28. The van der Waals surface area contributed by atoms with E-state index in [0.717, 1.165) is 11.1 Å². The molecule has 5 nitrogen and oxygen atoms in total. The smallest absolute Gasteiger partial charge is 0.420 e. The Morgan fingerprint density at radius 3 is 2.57 bits per heavy atom. The number of hydrogen-bond acceptors (Lipinski definition) is 4. The molecule has 1 heterocycles. The average Bonchev–Trinajstić information content (AvgIpc) is 2.83. The summed E-state index contributed by atoms with van der Waals surface area (Å²) in [7, 11) is 3.17. The number of methoxy groups -OCH3 is 2. The van der Waals surface area contributed by atoms with E-state index in [1.807, 2.05) is 36.4 Å². The minimum absolute atomic E-state index is 0.369. The summed E-state index contributed by atoms with van der Waals surface area (Å²) in [5.74, 6) is 0.924. The number of fused-ring (bicyclic) bond motifs is 1. The Kier molecular flexibility index (Phi) is 3.39. The molecular formula is C16H15NO4. The van der Waals surface area contributed by atoms with Gasteiger partial charge in [-0.2, -0.15) is 0 Å². The first kappa shape index (κ1) is 13.3. The molecular weight excluding hydrogens is 270 g/mol. The molecule has 1 aromatic heterocycles. The number of nitrogens with zero attached hydrogens (tertiary/aromatic N) is 1. The third kappa shape index (κ3) is 2.38. The molecule has 0 radical (unpaired) electrons. The van der Waals surface area contributed by atoms with Crippen molar-refractivity contribution in [2.75, 3.05) is 14.2 Å². The second-order valence-electron chi connectivity index (χ2n) is 4.61. The summed E-state index contributed by atoms with van der Waals surface area (Å²) < 4.78 is 17.3. The van der Waals surface area contributed by atoms with Crippen molar-refractivity contribution in [1.82, 2.24) is 4.57 Å². The van der Waals surface area contributed by atoms with E-state index in [1.165, 1.54) is 0 Å². The summed E-state index contributed by atoms with van der Waals surface area (Å²) in [5, 5.41) is 0. The van der Waals surface area contributed by atoms with E-state index in [-0.39, 0.29) is 5.76 Å². The number of aromatic nitrogens is 1. The normalized spacial score (nSPS) is 10.8. The molecule has 5 heteroatoms. The number of ether oxygens (including phenoxy) is 2. The van der Waals surface area contributed by atoms with Crippen LogP contribution in [0.1, 0.15) is 5.56 Å². The van der Waals surface area contributed by atoms with Gasteiger partial charge in [0.2, 0.25) is 0 Å². The summed E-state index contributed by atoms with van der Waals surface area (Å²) in [4.78, 5) is 12.0. The van der Waals surface area contributed by atoms with Crippen LogP contribution < -0.4 is 15.2 Å². The van der Waals surface area contributed by atoms with E-state index in [4.69, 9.17) is 13.9 Å². The third-order valence-corrected chi connectivity index (χ3v) is 3.36. The lowest BCUT2D eigenvalue weighted by atomic mass is 10.2. The standard InChI is InChI=1S/C16H15NO4/c1-19-14-8-7-11(9-15(14)20-2)10-17-12-5-3-4-6-13(12)21-16(17)18/h3-9H,10H2,1-2H3. The quantitative estimate of drug-likeness (QED) is 0.739. The topological polar surface area (TPSA) is 53.6 Å². The van der Waals surface area contributed by atoms with Gasteiger partial charge in [-0.05, 0) is 29.8 Å². The maximum Gasteiger partial charge on any atom is 0.420 e. The zero-order valence-corrected chi connectivity index (χ0v) is 11.8. The molecule has 0 aliphatic rings. The molecule has 0 bridgehead atoms. The maximum absolute atomic E-state index is 12.0. The Hall–Kier alpha value is -2.69. The minimum Gasteiger partial charge on any atom is -0.493 e. The zero-order chi connectivity index (χ0) is 14.8. The van der Waals surface area contributed by atoms with Crippen LogP contribution in [0.4, 0.5) is 0 Å². The third-order valence-electron chi connectivity index (χ3n) is 3.36. The lowest BCUT2D eigenvalue weighted by Crippen LogP contribution is -2.14. The van der Waals surface area contributed by atoms with E-state index in [1.54, 1.807) is 24.9 Å². The molecule has 0 N–H and O–H groups in total. The molecule has 0 amide bonds. The van der Waals surface area contributed by atoms with Gasteiger partial charge >= 0.3 is 5.76 Å². The van der Waals surface area contributed by atoms with Crippen LogP contribution in [-0.4, -0.2) is 18.8 Å². The van der Waals surface area contributed by atoms with Crippen LogP contribution in [0.15, 0.2) is 51.7 Å². The van der Waals surface area contributed by atoms with Gasteiger partial charge in [-0.25, -0.2) is 4.79 Å². The predicted octanol–water partition coefficient (Wildman–Crippen LogP) is 2.66. The van der Waals surface area contributed by atoms with Gasteiger partial charge in [-0.3, -0.25) is 4.57 Å². The first-order valence-electron chi connectivity index (χ1n) is 6.52. The molecule has 0 unspecified atom stereocenters. The van der Waals surface area contributed by atoms with Crippen molar-refractivity contribution in [3.05, 3.63) is 58.6 Å². The highest BCUT2D eigenvalue weighted by Gasteiger charge is 2.10. The lowest BCUT2D eigenvalue weighted by Gasteiger charge is -2.09. The fourth-order valence-electron chi connectivity index (χ4n) is 2.33. The van der Waals surface area contributed by atoms with Gasteiger partial charge < -0.3 is 13.9 Å². The van der Waals surface area contributed by atoms with Gasteiger partial charge in [0.15, 0.2) is 17.1 Å². The number of para-hydroxylation sites is 2. The maximum atomic E-state index is 12.0. The van der Waals surface area contributed by atoms with Crippen molar-refractivity contribution < 1.29 is 13.9 Å². The van der Waals surface area contributed by atoms with Crippen molar-refractivity contribution in [2.45, 2.75) is 6.54 Å². The molecule has 2 aromatic carbocycles. The highest BCUT2D eigenvalue weighted by atomic mass is 16.5. The molecule has 0 saturated heterocycles. The Bertz CT molecular complexity index is 832. The number of oxazole rings is 1. The molecule has 3 aromatic rings. The Labute approximate surface area is 121 Å². The van der Waals surface area contributed by atoms with Gasteiger partial charge in [0.05, 0.1) is 26.3 Å². The van der Waals surface area contributed by atoms with Crippen molar-refractivity contribution in [3.8, 4) is 11.5 Å². The molecule has 0 spiro atoms. The fraction of sp³-hybridized carbons (Fsp3) is 0.188. The minimum atomic E-state index is -0.369. The summed E-state index contributed by atoms with van der Waals surface area (Å²) in [6, 6.07) is 12.9. The van der Waals surface area contributed by atoms with E-state index in [2.05, 4.69) is 0 Å². The molecule has 0 atom stereocenters. The van der Waals surface area contributed by atoms with Crippen molar-refractivity contribution in [1.29, 1.82) is 0 Å². The second kappa shape index (κ2) is 5.36. The number of hydrogen-bond donors (Lipinski definition) is 0. The van der Waals surface area contributed by atoms with Gasteiger partial charge in [0.1, 0.15) is 0 Å². The zero-order valence-electron chi connectivity index (χ0n) is 11.8. The summed E-state index contributed by atoms with van der Waals surface area (Å²) in [6.45, 7) is 0.413. The van der Waals surface area contributed by atoms with E-state index in [9.17, 15) is 4.79 Å². The molecule has 21 heavy (non-hydrogen) atoms. The number of benzene rings is 2. The molecule has 3 rings (SSSR count). The van der Waals surface area contributed by atoms with Crippen LogP contribution in [0.2, 0.25) is 0 Å². The molecule has 0 fully saturated rings. The van der Waals surface area contributed by atoms with Crippen LogP contribution >= 0.6 is 0 Å². The van der Waals surface area contributed by atoms with Gasteiger partial charge in [0.25, 0.3) is 0 Å². The Balaban J connectivity index is 2.03. The molecule has 0 saturated carbocycles. The highest BCUT2D eigenvalue weighted by molar-refractivity contribution is 5.72. The SMILES string of the molecule is COc1ccc(Cn2c(=O)oc3ccccc32)cc1OC. The van der Waals surface area contributed by atoms with E-state index < -0.39 is 0 Å². The predicted molar refractivity (Wildman–Crippen MR) is 79.1 cm³/mol. The number of rotatable bonds is 4. The second-order valence-corrected chi connectivity index (χ2v) is 4.61. The molecule has 108 valence electrons. The van der Waals surface area contributed by atoms with Gasteiger partial charge in [-0.1, -0.05) is 18.2 Å². The fourth-order valence-corrected chi connectivity index (χ4v) is 2.33. The van der Waals surface area contributed by atoms with Crippen LogP contribution in [-0.2, 0) is 6.54 Å². The summed E-state index contributed by atoms with van der Waals surface area (Å²) in [5.41, 5.74) is 2.29. The van der Waals surface area contributed by atoms with Crippen molar-refractivity contribution in [2.24, 2.45) is 0 Å². The molecule has 0 aliphatic carbocycles. The van der Waals surface area contributed by atoms with Gasteiger partial charge in [0, 0.05) is 0 Å². The van der Waals surface area contributed by atoms with Crippen molar-refractivity contribution >= 4 is 11.1 Å². The van der Waals surface area contributed by atoms with Crippen molar-refractivity contribution in [3.63, 3.8) is 0 Å². The van der Waals surface area contributed by atoms with Crippen LogP contribution in [0.25, 0.3) is 11.1 Å². The summed E-state index contributed by atoms with van der Waals surface area (Å²) >= 11 is 0. The van der Waals surface area contributed by atoms with Crippen LogP contribution in [0.5, 0.6) is 11.5 Å². The average molecular weight is 285 g/mol. The first-order valence-corrected chi connectivity index (χ1v) is 6.52.